The molecule has 174 valence electrons. The Morgan fingerprint density at radius 3 is 2.38 bits per heavy atom. The van der Waals surface area contributed by atoms with Crippen molar-refractivity contribution in [1.29, 1.82) is 0 Å². The van der Waals surface area contributed by atoms with E-state index in [4.69, 9.17) is 17.3 Å². The van der Waals surface area contributed by atoms with E-state index in [-0.39, 0.29) is 34.8 Å². The van der Waals surface area contributed by atoms with Crippen LogP contribution in [0.3, 0.4) is 0 Å². The molecule has 0 spiro atoms. The Bertz CT molecular complexity index is 970. The average Bonchev–Trinajstić information content (AvgIpc) is 2.67. The maximum atomic E-state index is 13.7. The lowest BCUT2D eigenvalue weighted by molar-refractivity contribution is -0.117. The molecule has 0 unspecified atom stereocenters. The Morgan fingerprint density at radius 2 is 1.78 bits per heavy atom. The lowest BCUT2D eigenvalue weighted by atomic mass is 9.92. The van der Waals surface area contributed by atoms with Crippen molar-refractivity contribution in [1.82, 2.24) is 4.90 Å². The number of benzene rings is 2. The van der Waals surface area contributed by atoms with Gasteiger partial charge in [0.15, 0.2) is 0 Å². The van der Waals surface area contributed by atoms with E-state index in [0.29, 0.717) is 35.8 Å². The van der Waals surface area contributed by atoms with Crippen LogP contribution in [-0.2, 0) is 11.3 Å². The van der Waals surface area contributed by atoms with Crippen molar-refractivity contribution in [3.63, 3.8) is 0 Å². The Labute approximate surface area is 195 Å². The Balaban J connectivity index is 2.31. The summed E-state index contributed by atoms with van der Waals surface area (Å²) in [6.45, 7) is 10.8. The first-order valence-corrected chi connectivity index (χ1v) is 11.0. The second-order valence-corrected chi connectivity index (χ2v) is 10.5. The van der Waals surface area contributed by atoms with Gasteiger partial charge in [-0.2, -0.15) is 0 Å². The van der Waals surface area contributed by atoms with Gasteiger partial charge in [-0.15, -0.1) is 0 Å². The Morgan fingerprint density at radius 1 is 1.09 bits per heavy atom. The molecule has 2 aromatic rings. The number of nitrogens with zero attached hydrogens (tertiary/aromatic N) is 1. The highest BCUT2D eigenvalue weighted by Gasteiger charge is 2.26. The highest BCUT2D eigenvalue weighted by Crippen LogP contribution is 2.26. The standard InChI is InChI=1S/C25H33ClFN3O2/c1-24(2,3)13-22(31)29-20-9-10-21(26)18(12-20)14-30(16-25(4,5)15-28)23(32)17-7-6-8-19(27)11-17/h6-12H,13-16,28H2,1-5H3,(H,29,31). The number of halogens is 2. The summed E-state index contributed by atoms with van der Waals surface area (Å²) in [6.07, 6.45) is 0.375. The molecule has 0 saturated heterocycles. The normalized spacial score (nSPS) is 11.9. The number of rotatable bonds is 8. The average molecular weight is 462 g/mol. The van der Waals surface area contributed by atoms with Crippen molar-refractivity contribution >= 4 is 29.1 Å². The second-order valence-electron chi connectivity index (χ2n) is 10.1. The number of nitrogens with one attached hydrogen (secondary N) is 1. The molecule has 0 aliphatic rings. The van der Waals surface area contributed by atoms with Gasteiger partial charge in [-0.3, -0.25) is 9.59 Å². The summed E-state index contributed by atoms with van der Waals surface area (Å²) in [5.41, 5.74) is 6.95. The zero-order valence-electron chi connectivity index (χ0n) is 19.5. The van der Waals surface area contributed by atoms with Crippen LogP contribution in [0.4, 0.5) is 10.1 Å². The van der Waals surface area contributed by atoms with Crippen LogP contribution in [0, 0.1) is 16.6 Å². The van der Waals surface area contributed by atoms with E-state index in [1.54, 1.807) is 29.2 Å². The minimum Gasteiger partial charge on any atom is -0.334 e. The van der Waals surface area contributed by atoms with Gasteiger partial charge in [-0.25, -0.2) is 4.39 Å². The number of nitrogens with two attached hydrogens (primary N) is 1. The number of hydrogen-bond acceptors (Lipinski definition) is 3. The molecule has 0 aliphatic carbocycles. The summed E-state index contributed by atoms with van der Waals surface area (Å²) < 4.78 is 13.7. The van der Waals surface area contributed by atoms with Crippen LogP contribution in [0.15, 0.2) is 42.5 Å². The van der Waals surface area contributed by atoms with Crippen molar-refractivity contribution in [2.24, 2.45) is 16.6 Å². The molecule has 0 radical (unpaired) electrons. The van der Waals surface area contributed by atoms with Crippen molar-refractivity contribution in [2.75, 3.05) is 18.4 Å². The summed E-state index contributed by atoms with van der Waals surface area (Å²) in [4.78, 5) is 27.2. The van der Waals surface area contributed by atoms with E-state index in [1.165, 1.54) is 18.2 Å². The van der Waals surface area contributed by atoms with E-state index < -0.39 is 5.82 Å². The van der Waals surface area contributed by atoms with Crippen LogP contribution in [0.2, 0.25) is 5.02 Å². The molecule has 0 aromatic heterocycles. The van der Waals surface area contributed by atoms with Crippen molar-refractivity contribution in [3.05, 3.63) is 64.4 Å². The number of carbonyl (C=O) groups is 2. The first-order valence-electron chi connectivity index (χ1n) is 10.6. The molecule has 0 atom stereocenters. The number of amides is 2. The topological polar surface area (TPSA) is 75.4 Å². The zero-order valence-corrected chi connectivity index (χ0v) is 20.2. The van der Waals surface area contributed by atoms with Gasteiger partial charge in [0.05, 0.1) is 0 Å². The molecule has 0 aliphatic heterocycles. The van der Waals surface area contributed by atoms with Crippen molar-refractivity contribution in [2.45, 2.75) is 47.6 Å². The molecular weight excluding hydrogens is 429 g/mol. The predicted octanol–water partition coefficient (Wildman–Crippen LogP) is 5.48. The summed E-state index contributed by atoms with van der Waals surface area (Å²) in [7, 11) is 0. The molecule has 3 N–H and O–H groups in total. The molecule has 0 saturated carbocycles. The van der Waals surface area contributed by atoms with Crippen LogP contribution in [0.1, 0.15) is 57.0 Å². The maximum Gasteiger partial charge on any atom is 0.254 e. The smallest absolute Gasteiger partial charge is 0.254 e. The molecule has 0 fully saturated rings. The van der Waals surface area contributed by atoms with E-state index in [9.17, 15) is 14.0 Å². The number of anilines is 1. The largest absolute Gasteiger partial charge is 0.334 e. The van der Waals surface area contributed by atoms with Gasteiger partial charge in [-0.05, 0) is 59.3 Å². The van der Waals surface area contributed by atoms with Crippen molar-refractivity contribution < 1.29 is 14.0 Å². The molecule has 2 rings (SSSR count). The fourth-order valence-electron chi connectivity index (χ4n) is 3.25. The van der Waals surface area contributed by atoms with Crippen LogP contribution in [0.25, 0.3) is 0 Å². The van der Waals surface area contributed by atoms with Crippen LogP contribution >= 0.6 is 11.6 Å². The molecule has 0 bridgehead atoms. The molecule has 2 amide bonds. The summed E-state index contributed by atoms with van der Waals surface area (Å²) in [6, 6.07) is 10.8. The first kappa shape index (κ1) is 25.8. The van der Waals surface area contributed by atoms with Gasteiger partial charge in [0.25, 0.3) is 5.91 Å². The van der Waals surface area contributed by atoms with Crippen LogP contribution in [0.5, 0.6) is 0 Å². The highest BCUT2D eigenvalue weighted by molar-refractivity contribution is 6.31. The minimum atomic E-state index is -0.476. The van der Waals surface area contributed by atoms with E-state index >= 15 is 0 Å². The molecular formula is C25H33ClFN3O2. The van der Waals surface area contributed by atoms with Gasteiger partial charge >= 0.3 is 0 Å². The third-order valence-electron chi connectivity index (χ3n) is 4.91. The molecule has 7 heteroatoms. The summed E-state index contributed by atoms with van der Waals surface area (Å²) in [5, 5.41) is 3.37. The third-order valence-corrected chi connectivity index (χ3v) is 5.28. The van der Waals surface area contributed by atoms with Gasteiger partial charge in [0, 0.05) is 35.8 Å². The van der Waals surface area contributed by atoms with E-state index in [2.05, 4.69) is 5.32 Å². The monoisotopic (exact) mass is 461 g/mol. The lowest BCUT2D eigenvalue weighted by Crippen LogP contribution is -2.41. The predicted molar refractivity (Wildman–Crippen MR) is 128 cm³/mol. The fourth-order valence-corrected chi connectivity index (χ4v) is 3.43. The zero-order chi connectivity index (χ0) is 24.1. The van der Waals surface area contributed by atoms with Gasteiger partial charge < -0.3 is 16.0 Å². The first-order chi connectivity index (χ1) is 14.8. The van der Waals surface area contributed by atoms with Crippen molar-refractivity contribution in [3.8, 4) is 0 Å². The van der Waals surface area contributed by atoms with E-state index in [1.807, 2.05) is 34.6 Å². The Hall–Kier alpha value is -2.44. The maximum absolute atomic E-state index is 13.7. The molecule has 5 nitrogen and oxygen atoms in total. The third kappa shape index (κ3) is 7.92. The van der Waals surface area contributed by atoms with Gasteiger partial charge in [-0.1, -0.05) is 52.3 Å². The Kier molecular flexibility index (Phi) is 8.43. The summed E-state index contributed by atoms with van der Waals surface area (Å²) >= 11 is 6.43. The number of carbonyl (C=O) groups excluding carboxylic acids is 2. The molecule has 0 heterocycles. The van der Waals surface area contributed by atoms with Gasteiger partial charge in [0.1, 0.15) is 5.82 Å². The quantitative estimate of drug-likeness (QED) is 0.546. The van der Waals surface area contributed by atoms with E-state index in [0.717, 1.165) is 0 Å². The lowest BCUT2D eigenvalue weighted by Gasteiger charge is -2.32. The molecule has 32 heavy (non-hydrogen) atoms. The van der Waals surface area contributed by atoms with Gasteiger partial charge in [0.2, 0.25) is 5.91 Å². The fraction of sp³-hybridized carbons (Fsp3) is 0.440. The van der Waals surface area contributed by atoms with Crippen LogP contribution in [-0.4, -0.2) is 29.8 Å². The minimum absolute atomic E-state index is 0.0947. The SMILES string of the molecule is CC(C)(C)CC(=O)Nc1ccc(Cl)c(CN(CC(C)(C)CN)C(=O)c2cccc(F)c2)c1. The molecule has 2 aromatic carbocycles. The second kappa shape index (κ2) is 10.5. The number of hydrogen-bond donors (Lipinski definition) is 2. The highest BCUT2D eigenvalue weighted by atomic mass is 35.5. The summed E-state index contributed by atoms with van der Waals surface area (Å²) in [5.74, 6) is -0.887. The van der Waals surface area contributed by atoms with Crippen LogP contribution < -0.4 is 11.1 Å².